The lowest BCUT2D eigenvalue weighted by Crippen LogP contribution is -2.28. The van der Waals surface area contributed by atoms with E-state index in [9.17, 15) is 15.6 Å². The van der Waals surface area contributed by atoms with E-state index in [4.69, 9.17) is 5.73 Å². The van der Waals surface area contributed by atoms with Crippen LogP contribution in [0.15, 0.2) is 36.5 Å². The van der Waals surface area contributed by atoms with E-state index in [-0.39, 0.29) is 13.2 Å². The molecule has 0 spiro atoms. The Kier molecular flexibility index (Phi) is 6.17. The van der Waals surface area contributed by atoms with Gasteiger partial charge in [-0.2, -0.15) is 10.5 Å². The van der Waals surface area contributed by atoms with Gasteiger partial charge in [-0.05, 0) is 48.4 Å². The second-order valence-corrected chi connectivity index (χ2v) is 8.35. The maximum absolute atomic E-state index is 9.95. The van der Waals surface area contributed by atoms with Crippen LogP contribution in [-0.2, 0) is 5.41 Å². The zero-order valence-electron chi connectivity index (χ0n) is 18.9. The van der Waals surface area contributed by atoms with E-state index < -0.39 is 5.41 Å². The van der Waals surface area contributed by atoms with Gasteiger partial charge in [0, 0.05) is 35.0 Å². The summed E-state index contributed by atoms with van der Waals surface area (Å²) in [7, 11) is 0. The monoisotopic (exact) mass is 449 g/mol. The molecular weight excluding hydrogens is 426 g/mol. The average Bonchev–Trinajstić information content (AvgIpc) is 3.20. The Balaban J connectivity index is 1.72. The molecular formula is C26H23N7O. The molecule has 0 saturated carbocycles. The smallest absolute Gasteiger partial charge is 0.227 e. The summed E-state index contributed by atoms with van der Waals surface area (Å²) >= 11 is 0. The highest BCUT2D eigenvalue weighted by Gasteiger charge is 2.35. The largest absolute Gasteiger partial charge is 0.395 e. The fraction of sp³-hybridized carbons (Fsp3) is 0.231. The lowest BCUT2D eigenvalue weighted by Gasteiger charge is -2.21. The summed E-state index contributed by atoms with van der Waals surface area (Å²) in [6.07, 6.45) is 1.63. The van der Waals surface area contributed by atoms with E-state index >= 15 is 0 Å². The highest BCUT2D eigenvalue weighted by molar-refractivity contribution is 5.76. The predicted octanol–water partition coefficient (Wildman–Crippen LogP) is 2.92. The Morgan fingerprint density at radius 2 is 1.97 bits per heavy atom. The number of nitriles is 2. The normalized spacial score (nSPS) is 15.8. The van der Waals surface area contributed by atoms with Gasteiger partial charge >= 0.3 is 0 Å². The molecule has 5 N–H and O–H groups in total. The van der Waals surface area contributed by atoms with Crippen LogP contribution in [-0.4, -0.2) is 34.8 Å². The number of hydrogen-bond donors (Lipinski definition) is 4. The minimum atomic E-state index is -0.482. The fourth-order valence-electron chi connectivity index (χ4n) is 3.95. The minimum absolute atomic E-state index is 0.0376. The molecule has 34 heavy (non-hydrogen) atoms. The van der Waals surface area contributed by atoms with Crippen LogP contribution in [0, 0.1) is 41.4 Å². The van der Waals surface area contributed by atoms with Gasteiger partial charge in [-0.3, -0.25) is 0 Å². The average molecular weight is 450 g/mol. The molecule has 8 heteroatoms. The quantitative estimate of drug-likeness (QED) is 0.445. The molecule has 0 fully saturated rings. The molecule has 0 amide bonds. The van der Waals surface area contributed by atoms with Gasteiger partial charge in [0.15, 0.2) is 0 Å². The van der Waals surface area contributed by atoms with E-state index in [2.05, 4.69) is 44.6 Å². The lowest BCUT2D eigenvalue weighted by atomic mass is 9.83. The van der Waals surface area contributed by atoms with Crippen molar-refractivity contribution in [3.05, 3.63) is 64.3 Å². The molecule has 0 saturated heterocycles. The van der Waals surface area contributed by atoms with E-state index in [0.717, 1.165) is 22.4 Å². The standard InChI is InChI=1S/C26H23N7O/c1-16-8-17(4-3-6-27)19(12-28)11-23(16)33-25-30-7-5-22(32-25)18-9-20(13-29)24-21(10-18)26(2,15-34)14-31-24/h5,7-11,31,34H,6,14-15,27H2,1-2H3,(H,30,32,33). The van der Waals surface area contributed by atoms with Gasteiger partial charge in [0.2, 0.25) is 5.95 Å². The number of anilines is 3. The van der Waals surface area contributed by atoms with Crippen LogP contribution in [0.1, 0.15) is 34.7 Å². The Hall–Kier alpha value is -4.42. The molecule has 1 aliphatic rings. The van der Waals surface area contributed by atoms with Crippen LogP contribution < -0.4 is 16.4 Å². The maximum atomic E-state index is 9.95. The summed E-state index contributed by atoms with van der Waals surface area (Å²) in [4.78, 5) is 8.96. The van der Waals surface area contributed by atoms with Crippen molar-refractivity contribution >= 4 is 17.3 Å². The Morgan fingerprint density at radius 1 is 1.18 bits per heavy atom. The van der Waals surface area contributed by atoms with Crippen molar-refractivity contribution in [2.45, 2.75) is 19.3 Å². The molecule has 4 rings (SSSR count). The first kappa shape index (κ1) is 22.8. The van der Waals surface area contributed by atoms with Crippen LogP contribution >= 0.6 is 0 Å². The number of nitrogens with zero attached hydrogens (tertiary/aromatic N) is 4. The lowest BCUT2D eigenvalue weighted by molar-refractivity contribution is 0.219. The number of aromatic nitrogens is 2. The third-order valence-corrected chi connectivity index (χ3v) is 5.92. The second kappa shape index (κ2) is 9.21. The van der Waals surface area contributed by atoms with Gasteiger partial charge in [0.25, 0.3) is 0 Å². The van der Waals surface area contributed by atoms with Gasteiger partial charge in [-0.1, -0.05) is 18.8 Å². The van der Waals surface area contributed by atoms with Gasteiger partial charge < -0.3 is 21.5 Å². The minimum Gasteiger partial charge on any atom is -0.395 e. The number of hydrogen-bond acceptors (Lipinski definition) is 8. The van der Waals surface area contributed by atoms with E-state index in [1.54, 1.807) is 24.4 Å². The molecule has 8 nitrogen and oxygen atoms in total. The molecule has 1 aromatic heterocycles. The van der Waals surface area contributed by atoms with E-state index in [1.165, 1.54) is 0 Å². The van der Waals surface area contributed by atoms with Gasteiger partial charge in [-0.15, -0.1) is 0 Å². The van der Waals surface area contributed by atoms with Crippen LogP contribution in [0.2, 0.25) is 0 Å². The molecule has 2 aromatic carbocycles. The predicted molar refractivity (Wildman–Crippen MR) is 130 cm³/mol. The maximum Gasteiger partial charge on any atom is 0.227 e. The van der Waals surface area contributed by atoms with Crippen molar-refractivity contribution in [3.8, 4) is 35.2 Å². The summed E-state index contributed by atoms with van der Waals surface area (Å²) in [6.45, 7) is 4.60. The van der Waals surface area contributed by atoms with E-state index in [1.807, 2.05) is 26.0 Å². The Morgan fingerprint density at radius 3 is 2.68 bits per heavy atom. The van der Waals surface area contributed by atoms with Crippen molar-refractivity contribution in [1.29, 1.82) is 10.5 Å². The SMILES string of the molecule is Cc1cc(C#CCN)c(C#N)cc1Nc1nccc(-c2cc(C#N)c3c(c2)C(C)(CO)CN3)n1. The zero-order valence-corrected chi connectivity index (χ0v) is 18.9. The molecule has 3 aromatic rings. The summed E-state index contributed by atoms with van der Waals surface area (Å²) in [5, 5.41) is 35.6. The number of nitrogens with one attached hydrogen (secondary N) is 2. The van der Waals surface area contributed by atoms with Crippen LogP contribution in [0.3, 0.4) is 0 Å². The summed E-state index contributed by atoms with van der Waals surface area (Å²) in [6, 6.07) is 13.5. The molecule has 0 aliphatic carbocycles. The van der Waals surface area contributed by atoms with Crippen molar-refractivity contribution in [3.63, 3.8) is 0 Å². The van der Waals surface area contributed by atoms with Gasteiger partial charge in [-0.25, -0.2) is 9.97 Å². The molecule has 168 valence electrons. The first-order chi connectivity index (χ1) is 16.4. The first-order valence-electron chi connectivity index (χ1n) is 10.7. The highest BCUT2D eigenvalue weighted by Crippen LogP contribution is 2.41. The number of nitrogens with two attached hydrogens (primary N) is 1. The Labute approximate surface area is 198 Å². The zero-order chi connectivity index (χ0) is 24.3. The molecule has 2 heterocycles. The molecule has 1 unspecified atom stereocenters. The molecule has 0 bridgehead atoms. The number of aliphatic hydroxyl groups excluding tert-OH is 1. The topological polar surface area (TPSA) is 144 Å². The number of rotatable bonds is 4. The fourth-order valence-corrected chi connectivity index (χ4v) is 3.95. The van der Waals surface area contributed by atoms with Gasteiger partial charge in [0.1, 0.15) is 12.1 Å². The Bertz CT molecular complexity index is 1420. The van der Waals surface area contributed by atoms with Crippen molar-refractivity contribution in [1.82, 2.24) is 9.97 Å². The van der Waals surface area contributed by atoms with Crippen molar-refractivity contribution < 1.29 is 5.11 Å². The second-order valence-electron chi connectivity index (χ2n) is 8.35. The summed E-state index contributed by atoms with van der Waals surface area (Å²) < 4.78 is 0. The summed E-state index contributed by atoms with van der Waals surface area (Å²) in [5.74, 6) is 6.05. The van der Waals surface area contributed by atoms with Crippen LogP contribution in [0.25, 0.3) is 11.3 Å². The molecule has 1 atom stereocenters. The number of aliphatic hydroxyl groups is 1. The van der Waals surface area contributed by atoms with Crippen LogP contribution in [0.4, 0.5) is 17.3 Å². The van der Waals surface area contributed by atoms with Gasteiger partial charge in [0.05, 0.1) is 35.7 Å². The number of fused-ring (bicyclic) bond motifs is 1. The highest BCUT2D eigenvalue weighted by atomic mass is 16.3. The molecule has 0 radical (unpaired) electrons. The van der Waals surface area contributed by atoms with Crippen molar-refractivity contribution in [2.24, 2.45) is 5.73 Å². The van der Waals surface area contributed by atoms with Crippen LogP contribution in [0.5, 0.6) is 0 Å². The third kappa shape index (κ3) is 4.14. The molecule has 1 aliphatic heterocycles. The van der Waals surface area contributed by atoms with E-state index in [0.29, 0.717) is 40.6 Å². The third-order valence-electron chi connectivity index (χ3n) is 5.92. The number of aryl methyl sites for hydroxylation is 1. The summed E-state index contributed by atoms with van der Waals surface area (Å²) in [5.41, 5.74) is 11.1. The number of benzene rings is 2. The van der Waals surface area contributed by atoms with Crippen molar-refractivity contribution in [2.75, 3.05) is 30.3 Å². The first-order valence-corrected chi connectivity index (χ1v) is 10.7.